The van der Waals surface area contributed by atoms with E-state index in [4.69, 9.17) is 9.15 Å². The first-order valence-corrected chi connectivity index (χ1v) is 6.86. The van der Waals surface area contributed by atoms with Gasteiger partial charge in [-0.2, -0.15) is 0 Å². The van der Waals surface area contributed by atoms with Gasteiger partial charge in [0.1, 0.15) is 5.76 Å². The summed E-state index contributed by atoms with van der Waals surface area (Å²) >= 11 is 0. The van der Waals surface area contributed by atoms with Crippen molar-refractivity contribution in [1.82, 2.24) is 4.98 Å². The Morgan fingerprint density at radius 1 is 1.25 bits per heavy atom. The number of carbonyl (C=O) groups excluding carboxylic acids is 1. The summed E-state index contributed by atoms with van der Waals surface area (Å²) in [6.45, 7) is 1.95. The Kier molecular flexibility index (Phi) is 3.30. The van der Waals surface area contributed by atoms with Crippen molar-refractivity contribution in [2.24, 2.45) is 0 Å². The average Bonchev–Trinajstić information content (AvgIpc) is 2.94. The Morgan fingerprint density at radius 3 is 2.65 bits per heavy atom. The minimum absolute atomic E-state index is 0.347. The fraction of sp³-hybridized carbons (Fsp3) is 0.375. The second-order valence-electron chi connectivity index (χ2n) is 5.07. The number of nitrogens with zero attached hydrogens (tertiary/aromatic N) is 1. The molecule has 0 saturated carbocycles. The van der Waals surface area contributed by atoms with E-state index in [1.165, 1.54) is 11.1 Å². The highest BCUT2D eigenvalue weighted by Crippen LogP contribution is 2.38. The van der Waals surface area contributed by atoms with E-state index in [0.29, 0.717) is 5.76 Å². The number of aromatic nitrogens is 1. The van der Waals surface area contributed by atoms with Crippen LogP contribution in [0, 0.1) is 6.92 Å². The van der Waals surface area contributed by atoms with Crippen molar-refractivity contribution < 1.29 is 13.9 Å². The first-order valence-electron chi connectivity index (χ1n) is 6.86. The van der Waals surface area contributed by atoms with Gasteiger partial charge in [-0.15, -0.1) is 0 Å². The summed E-state index contributed by atoms with van der Waals surface area (Å²) in [5.74, 6) is 1.79. The maximum atomic E-state index is 10.8. The van der Waals surface area contributed by atoms with E-state index in [0.717, 1.165) is 54.9 Å². The Morgan fingerprint density at radius 2 is 2.00 bits per heavy atom. The zero-order chi connectivity index (χ0) is 14.1. The van der Waals surface area contributed by atoms with Crippen LogP contribution in [0.5, 0.6) is 5.88 Å². The van der Waals surface area contributed by atoms with Crippen LogP contribution in [0.15, 0.2) is 16.5 Å². The van der Waals surface area contributed by atoms with Crippen molar-refractivity contribution in [3.05, 3.63) is 34.7 Å². The van der Waals surface area contributed by atoms with Crippen LogP contribution in [0.3, 0.4) is 0 Å². The van der Waals surface area contributed by atoms with Crippen LogP contribution < -0.4 is 4.74 Å². The number of methoxy groups -OCH3 is 1. The van der Waals surface area contributed by atoms with Crippen LogP contribution in [-0.4, -0.2) is 18.4 Å². The zero-order valence-corrected chi connectivity index (χ0v) is 11.7. The molecule has 4 nitrogen and oxygen atoms in total. The van der Waals surface area contributed by atoms with Gasteiger partial charge in [0.15, 0.2) is 12.0 Å². The number of rotatable bonds is 3. The Balaban J connectivity index is 2.21. The molecule has 3 rings (SSSR count). The van der Waals surface area contributed by atoms with Gasteiger partial charge < -0.3 is 9.15 Å². The quantitative estimate of drug-likeness (QED) is 0.803. The van der Waals surface area contributed by atoms with Crippen molar-refractivity contribution in [2.45, 2.75) is 32.6 Å². The molecule has 2 heterocycles. The van der Waals surface area contributed by atoms with Crippen molar-refractivity contribution in [3.8, 4) is 17.2 Å². The normalized spacial score (nSPS) is 13.9. The van der Waals surface area contributed by atoms with Crippen LogP contribution in [0.4, 0.5) is 0 Å². The van der Waals surface area contributed by atoms with Gasteiger partial charge in [-0.25, -0.2) is 4.98 Å². The highest BCUT2D eigenvalue weighted by molar-refractivity contribution is 5.75. The maximum absolute atomic E-state index is 10.8. The van der Waals surface area contributed by atoms with Gasteiger partial charge in [-0.3, -0.25) is 4.79 Å². The number of aryl methyl sites for hydroxylation is 1. The van der Waals surface area contributed by atoms with E-state index in [2.05, 4.69) is 4.98 Å². The predicted octanol–water partition coefficient (Wildman–Crippen LogP) is 3.35. The number of fused-ring (bicyclic) bond motifs is 1. The molecule has 104 valence electrons. The molecule has 0 aromatic carbocycles. The molecule has 2 aromatic rings. The van der Waals surface area contributed by atoms with Gasteiger partial charge in [-0.1, -0.05) is 0 Å². The Bertz CT molecular complexity index is 658. The van der Waals surface area contributed by atoms with E-state index in [-0.39, 0.29) is 0 Å². The van der Waals surface area contributed by atoms with Gasteiger partial charge in [0.05, 0.1) is 12.8 Å². The molecule has 2 aromatic heterocycles. The summed E-state index contributed by atoms with van der Waals surface area (Å²) in [5, 5.41) is 0. The van der Waals surface area contributed by atoms with E-state index in [1.807, 2.05) is 13.0 Å². The molecular weight excluding hydrogens is 254 g/mol. The number of ether oxygens (including phenoxy) is 1. The van der Waals surface area contributed by atoms with Crippen molar-refractivity contribution in [1.29, 1.82) is 0 Å². The number of pyridine rings is 1. The lowest BCUT2D eigenvalue weighted by Crippen LogP contribution is -2.10. The standard InChI is InChI=1S/C16H17NO3/c1-10-15(14-8-7-11(9-18)20-14)12-5-3-4-6-13(12)16(17-10)19-2/h7-9H,3-6H2,1-2H3. The first-order chi connectivity index (χ1) is 9.74. The lowest BCUT2D eigenvalue weighted by atomic mass is 9.87. The summed E-state index contributed by atoms with van der Waals surface area (Å²) in [6.07, 6.45) is 5.03. The topological polar surface area (TPSA) is 52.3 Å². The monoisotopic (exact) mass is 271 g/mol. The number of aldehydes is 1. The molecular formula is C16H17NO3. The molecule has 0 spiro atoms. The summed E-state index contributed by atoms with van der Waals surface area (Å²) in [5.41, 5.74) is 4.35. The summed E-state index contributed by atoms with van der Waals surface area (Å²) < 4.78 is 11.0. The molecule has 0 bridgehead atoms. The van der Waals surface area contributed by atoms with E-state index in [1.54, 1.807) is 13.2 Å². The molecule has 0 saturated heterocycles. The Labute approximate surface area is 117 Å². The number of carbonyl (C=O) groups is 1. The van der Waals surface area contributed by atoms with Gasteiger partial charge in [-0.05, 0) is 50.3 Å². The highest BCUT2D eigenvalue weighted by Gasteiger charge is 2.23. The molecule has 0 N–H and O–H groups in total. The van der Waals surface area contributed by atoms with Gasteiger partial charge in [0.25, 0.3) is 0 Å². The third kappa shape index (κ3) is 2.01. The van der Waals surface area contributed by atoms with Crippen LogP contribution in [0.2, 0.25) is 0 Å². The average molecular weight is 271 g/mol. The Hall–Kier alpha value is -2.10. The number of hydrogen-bond acceptors (Lipinski definition) is 4. The van der Waals surface area contributed by atoms with E-state index < -0.39 is 0 Å². The van der Waals surface area contributed by atoms with Crippen molar-refractivity contribution in [3.63, 3.8) is 0 Å². The maximum Gasteiger partial charge on any atom is 0.216 e. The molecule has 1 aliphatic rings. The van der Waals surface area contributed by atoms with E-state index in [9.17, 15) is 4.79 Å². The molecule has 20 heavy (non-hydrogen) atoms. The molecule has 1 aliphatic carbocycles. The third-order valence-corrected chi connectivity index (χ3v) is 3.84. The largest absolute Gasteiger partial charge is 0.481 e. The summed E-state index contributed by atoms with van der Waals surface area (Å²) in [4.78, 5) is 15.3. The lowest BCUT2D eigenvalue weighted by Gasteiger charge is -2.22. The minimum atomic E-state index is 0.347. The molecule has 0 aliphatic heterocycles. The molecule has 0 fully saturated rings. The number of furan rings is 1. The number of hydrogen-bond donors (Lipinski definition) is 0. The summed E-state index contributed by atoms with van der Waals surface area (Å²) in [7, 11) is 1.66. The minimum Gasteiger partial charge on any atom is -0.481 e. The lowest BCUT2D eigenvalue weighted by molar-refractivity contribution is 0.110. The van der Waals surface area contributed by atoms with Gasteiger partial charge in [0, 0.05) is 11.1 Å². The summed E-state index contributed by atoms with van der Waals surface area (Å²) in [6, 6.07) is 3.54. The van der Waals surface area contributed by atoms with Crippen LogP contribution in [0.1, 0.15) is 40.2 Å². The molecule has 0 radical (unpaired) electrons. The molecule has 0 unspecified atom stereocenters. The molecule has 4 heteroatoms. The van der Waals surface area contributed by atoms with Crippen molar-refractivity contribution in [2.75, 3.05) is 7.11 Å². The molecule has 0 amide bonds. The fourth-order valence-electron chi connectivity index (χ4n) is 2.96. The van der Waals surface area contributed by atoms with Gasteiger partial charge in [0.2, 0.25) is 5.88 Å². The van der Waals surface area contributed by atoms with E-state index >= 15 is 0 Å². The molecule has 0 atom stereocenters. The van der Waals surface area contributed by atoms with Crippen molar-refractivity contribution >= 4 is 6.29 Å². The van der Waals surface area contributed by atoms with Crippen LogP contribution in [-0.2, 0) is 12.8 Å². The van der Waals surface area contributed by atoms with Crippen LogP contribution in [0.25, 0.3) is 11.3 Å². The predicted molar refractivity (Wildman–Crippen MR) is 75.3 cm³/mol. The van der Waals surface area contributed by atoms with Crippen LogP contribution >= 0.6 is 0 Å². The van der Waals surface area contributed by atoms with Gasteiger partial charge >= 0.3 is 0 Å². The fourth-order valence-corrected chi connectivity index (χ4v) is 2.96. The SMILES string of the molecule is COc1nc(C)c(-c2ccc(C=O)o2)c2c1CCCC2. The third-order valence-electron chi connectivity index (χ3n) is 3.84. The second kappa shape index (κ2) is 5.12. The smallest absolute Gasteiger partial charge is 0.216 e. The first kappa shape index (κ1) is 12.9. The highest BCUT2D eigenvalue weighted by atomic mass is 16.5. The second-order valence-corrected chi connectivity index (χ2v) is 5.07. The zero-order valence-electron chi connectivity index (χ0n) is 11.7.